The highest BCUT2D eigenvalue weighted by Gasteiger charge is 2.41. The molecule has 3 rings (SSSR count). The highest BCUT2D eigenvalue weighted by molar-refractivity contribution is 5.34. The molecular weight excluding hydrogens is 264 g/mol. The topological polar surface area (TPSA) is 47.7 Å². The Morgan fingerprint density at radius 2 is 2.29 bits per heavy atom. The Bertz CT molecular complexity index is 480. The van der Waals surface area contributed by atoms with E-state index >= 15 is 0 Å². The standard InChI is InChI=1S/C17H26N2O2/c1-20-15-6-4-8-17(11-15,13-18)19-9-10-21-16-7-3-2-5-14(16)12-19/h2-3,5,7,15H,4,6,8-13,18H2,1H3. The van der Waals surface area contributed by atoms with Gasteiger partial charge in [0.15, 0.2) is 0 Å². The molecule has 2 N–H and O–H groups in total. The van der Waals surface area contributed by atoms with Crippen LogP contribution in [0.5, 0.6) is 5.75 Å². The first-order chi connectivity index (χ1) is 10.3. The van der Waals surface area contributed by atoms with Gasteiger partial charge in [-0.15, -0.1) is 0 Å². The van der Waals surface area contributed by atoms with Gasteiger partial charge in [-0.3, -0.25) is 4.90 Å². The number of nitrogens with two attached hydrogens (primary N) is 1. The molecule has 116 valence electrons. The summed E-state index contributed by atoms with van der Waals surface area (Å²) in [5.41, 5.74) is 7.54. The van der Waals surface area contributed by atoms with Gasteiger partial charge in [0.25, 0.3) is 0 Å². The Morgan fingerprint density at radius 1 is 1.43 bits per heavy atom. The second-order valence-electron chi connectivity index (χ2n) is 6.26. The zero-order valence-electron chi connectivity index (χ0n) is 12.9. The van der Waals surface area contributed by atoms with Gasteiger partial charge in [-0.25, -0.2) is 0 Å². The predicted octanol–water partition coefficient (Wildman–Crippen LogP) is 2.17. The average molecular weight is 290 g/mol. The van der Waals surface area contributed by atoms with Crippen molar-refractivity contribution in [1.82, 2.24) is 4.90 Å². The molecular formula is C17H26N2O2. The van der Waals surface area contributed by atoms with Crippen LogP contribution in [0.15, 0.2) is 24.3 Å². The number of fused-ring (bicyclic) bond motifs is 1. The highest BCUT2D eigenvalue weighted by atomic mass is 16.5. The second-order valence-corrected chi connectivity index (χ2v) is 6.26. The van der Waals surface area contributed by atoms with Gasteiger partial charge in [-0.1, -0.05) is 18.2 Å². The molecule has 2 atom stereocenters. The zero-order valence-corrected chi connectivity index (χ0v) is 12.9. The number of hydrogen-bond acceptors (Lipinski definition) is 4. The summed E-state index contributed by atoms with van der Waals surface area (Å²) in [7, 11) is 1.82. The lowest BCUT2D eigenvalue weighted by molar-refractivity contribution is -0.0270. The molecule has 0 radical (unpaired) electrons. The first kappa shape index (κ1) is 14.8. The van der Waals surface area contributed by atoms with E-state index in [0.717, 1.165) is 44.7 Å². The van der Waals surface area contributed by atoms with Gasteiger partial charge in [-0.05, 0) is 31.7 Å². The van der Waals surface area contributed by atoms with E-state index in [4.69, 9.17) is 15.2 Å². The van der Waals surface area contributed by atoms with Gasteiger partial charge in [0.1, 0.15) is 12.4 Å². The van der Waals surface area contributed by atoms with Crippen LogP contribution < -0.4 is 10.5 Å². The van der Waals surface area contributed by atoms with Crippen molar-refractivity contribution in [3.8, 4) is 5.75 Å². The maximum atomic E-state index is 6.22. The van der Waals surface area contributed by atoms with Crippen LogP contribution >= 0.6 is 0 Å². The van der Waals surface area contributed by atoms with Crippen LogP contribution in [-0.4, -0.2) is 43.3 Å². The van der Waals surface area contributed by atoms with Gasteiger partial charge in [-0.2, -0.15) is 0 Å². The van der Waals surface area contributed by atoms with E-state index < -0.39 is 0 Å². The van der Waals surface area contributed by atoms with Crippen LogP contribution in [-0.2, 0) is 11.3 Å². The Balaban J connectivity index is 1.84. The summed E-state index contributed by atoms with van der Waals surface area (Å²) in [6.45, 7) is 3.28. The molecule has 1 fully saturated rings. The molecule has 4 nitrogen and oxygen atoms in total. The molecule has 21 heavy (non-hydrogen) atoms. The fourth-order valence-electron chi connectivity index (χ4n) is 3.82. The van der Waals surface area contributed by atoms with Crippen molar-refractivity contribution in [2.24, 2.45) is 5.73 Å². The Hall–Kier alpha value is -1.10. The van der Waals surface area contributed by atoms with Crippen molar-refractivity contribution in [3.05, 3.63) is 29.8 Å². The van der Waals surface area contributed by atoms with Crippen LogP contribution in [0.2, 0.25) is 0 Å². The van der Waals surface area contributed by atoms with Crippen molar-refractivity contribution >= 4 is 0 Å². The van der Waals surface area contributed by atoms with Crippen molar-refractivity contribution in [1.29, 1.82) is 0 Å². The molecule has 1 aliphatic heterocycles. The van der Waals surface area contributed by atoms with Crippen LogP contribution in [0.25, 0.3) is 0 Å². The third kappa shape index (κ3) is 2.93. The summed E-state index contributed by atoms with van der Waals surface area (Å²) >= 11 is 0. The molecule has 1 aromatic rings. The summed E-state index contributed by atoms with van der Waals surface area (Å²) in [4.78, 5) is 2.53. The van der Waals surface area contributed by atoms with Crippen LogP contribution in [0.3, 0.4) is 0 Å². The third-order valence-electron chi connectivity index (χ3n) is 5.11. The van der Waals surface area contributed by atoms with E-state index in [1.807, 2.05) is 13.2 Å². The van der Waals surface area contributed by atoms with Gasteiger partial charge in [0.2, 0.25) is 0 Å². The minimum absolute atomic E-state index is 0.0553. The van der Waals surface area contributed by atoms with E-state index in [9.17, 15) is 0 Å². The molecule has 2 aliphatic rings. The van der Waals surface area contributed by atoms with Gasteiger partial charge in [0, 0.05) is 37.8 Å². The molecule has 1 saturated carbocycles. The number of para-hydroxylation sites is 1. The Labute approximate surface area is 127 Å². The lowest BCUT2D eigenvalue weighted by Gasteiger charge is -2.47. The van der Waals surface area contributed by atoms with Gasteiger partial charge < -0.3 is 15.2 Å². The monoisotopic (exact) mass is 290 g/mol. The number of rotatable bonds is 3. The lowest BCUT2D eigenvalue weighted by Crippen LogP contribution is -2.57. The summed E-state index contributed by atoms with van der Waals surface area (Å²) in [5, 5.41) is 0. The van der Waals surface area contributed by atoms with Crippen LogP contribution in [0.1, 0.15) is 31.2 Å². The molecule has 1 heterocycles. The largest absolute Gasteiger partial charge is 0.492 e. The maximum absolute atomic E-state index is 6.22. The third-order valence-corrected chi connectivity index (χ3v) is 5.11. The molecule has 0 saturated heterocycles. The zero-order chi connectivity index (χ0) is 14.7. The normalized spacial score (nSPS) is 30.3. The SMILES string of the molecule is COC1CCCC(CN)(N2CCOc3ccccc3C2)C1. The fourth-order valence-corrected chi connectivity index (χ4v) is 3.82. The number of hydrogen-bond donors (Lipinski definition) is 1. The quantitative estimate of drug-likeness (QED) is 0.927. The van der Waals surface area contributed by atoms with Crippen molar-refractivity contribution in [2.45, 2.75) is 43.9 Å². The lowest BCUT2D eigenvalue weighted by atomic mass is 9.78. The summed E-state index contributed by atoms with van der Waals surface area (Å²) in [5.74, 6) is 1.02. The second kappa shape index (κ2) is 6.34. The van der Waals surface area contributed by atoms with E-state index in [1.54, 1.807) is 0 Å². The van der Waals surface area contributed by atoms with Crippen molar-refractivity contribution in [3.63, 3.8) is 0 Å². The smallest absolute Gasteiger partial charge is 0.123 e. The molecule has 1 aromatic carbocycles. The van der Waals surface area contributed by atoms with Gasteiger partial charge in [0.05, 0.1) is 6.10 Å². The van der Waals surface area contributed by atoms with Crippen molar-refractivity contribution in [2.75, 3.05) is 26.8 Å². The predicted molar refractivity (Wildman–Crippen MR) is 83.4 cm³/mol. The number of benzene rings is 1. The molecule has 0 bridgehead atoms. The number of ether oxygens (including phenoxy) is 2. The Kier molecular flexibility index (Phi) is 4.48. The summed E-state index contributed by atoms with van der Waals surface area (Å²) in [6, 6.07) is 8.34. The first-order valence-corrected chi connectivity index (χ1v) is 7.96. The Morgan fingerprint density at radius 3 is 3.10 bits per heavy atom. The maximum Gasteiger partial charge on any atom is 0.123 e. The van der Waals surface area contributed by atoms with E-state index in [-0.39, 0.29) is 5.54 Å². The molecule has 4 heteroatoms. The van der Waals surface area contributed by atoms with E-state index in [0.29, 0.717) is 12.6 Å². The number of methoxy groups -OCH3 is 1. The van der Waals surface area contributed by atoms with E-state index in [1.165, 1.54) is 12.0 Å². The molecule has 0 spiro atoms. The molecule has 1 aliphatic carbocycles. The number of nitrogens with zero attached hydrogens (tertiary/aromatic N) is 1. The van der Waals surface area contributed by atoms with Crippen molar-refractivity contribution < 1.29 is 9.47 Å². The highest BCUT2D eigenvalue weighted by Crippen LogP contribution is 2.37. The van der Waals surface area contributed by atoms with Crippen LogP contribution in [0.4, 0.5) is 0 Å². The molecule has 0 amide bonds. The summed E-state index contributed by atoms with van der Waals surface area (Å²) in [6.07, 6.45) is 4.86. The first-order valence-electron chi connectivity index (χ1n) is 7.96. The van der Waals surface area contributed by atoms with Gasteiger partial charge >= 0.3 is 0 Å². The summed E-state index contributed by atoms with van der Waals surface area (Å²) < 4.78 is 11.5. The fraction of sp³-hybridized carbons (Fsp3) is 0.647. The average Bonchev–Trinajstić information content (AvgIpc) is 2.77. The minimum Gasteiger partial charge on any atom is -0.492 e. The van der Waals surface area contributed by atoms with Crippen LogP contribution in [0, 0.1) is 0 Å². The van der Waals surface area contributed by atoms with E-state index in [2.05, 4.69) is 23.1 Å². The minimum atomic E-state index is 0.0553. The molecule has 0 aromatic heterocycles. The molecule has 2 unspecified atom stereocenters.